The van der Waals surface area contributed by atoms with Crippen molar-refractivity contribution in [3.05, 3.63) is 156 Å². The second-order valence-corrected chi connectivity index (χ2v) is 12.6. The molecule has 6 rings (SSSR count). The van der Waals surface area contributed by atoms with Gasteiger partial charge in [0.25, 0.3) is 20.0 Å². The van der Waals surface area contributed by atoms with Gasteiger partial charge in [-0.3, -0.25) is 9.44 Å². The number of rotatable bonds is 8. The van der Waals surface area contributed by atoms with Crippen LogP contribution < -0.4 is 9.44 Å². The van der Waals surface area contributed by atoms with Crippen LogP contribution in [-0.2, 0) is 25.5 Å². The fourth-order valence-electron chi connectivity index (χ4n) is 5.19. The van der Waals surface area contributed by atoms with Crippen molar-refractivity contribution in [3.63, 3.8) is 0 Å². The highest BCUT2D eigenvalue weighted by atomic mass is 32.2. The molecule has 0 aromatic heterocycles. The molecule has 1 aliphatic carbocycles. The molecule has 6 nitrogen and oxygen atoms in total. The minimum absolute atomic E-state index is 0.137. The zero-order valence-electron chi connectivity index (χ0n) is 20.7. The van der Waals surface area contributed by atoms with E-state index in [0.717, 1.165) is 11.1 Å². The van der Waals surface area contributed by atoms with Crippen LogP contribution in [0.4, 0.5) is 11.4 Å². The molecule has 5 aromatic carbocycles. The van der Waals surface area contributed by atoms with Crippen molar-refractivity contribution in [1.29, 1.82) is 0 Å². The molecule has 0 radical (unpaired) electrons. The molecule has 0 amide bonds. The Morgan fingerprint density at radius 1 is 0.410 bits per heavy atom. The average molecular weight is 553 g/mol. The van der Waals surface area contributed by atoms with Crippen molar-refractivity contribution in [3.8, 4) is 0 Å². The first-order valence-corrected chi connectivity index (χ1v) is 15.3. The maximum Gasteiger partial charge on any atom is 0.261 e. The molecule has 2 N–H and O–H groups in total. The van der Waals surface area contributed by atoms with Gasteiger partial charge in [0.15, 0.2) is 0 Å². The van der Waals surface area contributed by atoms with E-state index in [9.17, 15) is 16.8 Å². The minimum atomic E-state index is -3.90. The van der Waals surface area contributed by atoms with Crippen molar-refractivity contribution in [2.45, 2.75) is 15.2 Å². The summed E-state index contributed by atoms with van der Waals surface area (Å²) >= 11 is 0. The van der Waals surface area contributed by atoms with Gasteiger partial charge < -0.3 is 0 Å². The van der Waals surface area contributed by atoms with E-state index in [1.54, 1.807) is 48.5 Å². The van der Waals surface area contributed by atoms with Crippen molar-refractivity contribution in [2.75, 3.05) is 9.44 Å². The number of benzene rings is 5. The van der Waals surface area contributed by atoms with Crippen LogP contribution in [0.2, 0.25) is 0 Å². The van der Waals surface area contributed by atoms with Gasteiger partial charge in [-0.05, 0) is 47.5 Å². The smallest absolute Gasteiger partial charge is 0.261 e. The highest BCUT2D eigenvalue weighted by molar-refractivity contribution is 7.93. The predicted molar refractivity (Wildman–Crippen MR) is 153 cm³/mol. The maximum absolute atomic E-state index is 13.3. The molecule has 0 saturated carbocycles. The Labute approximate surface area is 228 Å². The summed E-state index contributed by atoms with van der Waals surface area (Å²) < 4.78 is 58.9. The fourth-order valence-corrected chi connectivity index (χ4v) is 7.37. The SMILES string of the molecule is O=S(=O)(Nc1ccc(NS(=O)(=O)c2ccccc2)c2c1C2(c1ccccc1)c1ccccc1)c1ccccc1. The van der Waals surface area contributed by atoms with Gasteiger partial charge in [0, 0.05) is 11.1 Å². The summed E-state index contributed by atoms with van der Waals surface area (Å²) in [4.78, 5) is 0.275. The highest BCUT2D eigenvalue weighted by Crippen LogP contribution is 2.65. The predicted octanol–water partition coefficient (Wildman–Crippen LogP) is 5.98. The summed E-state index contributed by atoms with van der Waals surface area (Å²) in [6, 6.07) is 38.9. The third-order valence-electron chi connectivity index (χ3n) is 6.90. The normalized spacial score (nSPS) is 13.7. The van der Waals surface area contributed by atoms with E-state index in [2.05, 4.69) is 9.44 Å². The lowest BCUT2D eigenvalue weighted by Gasteiger charge is -2.19. The Morgan fingerprint density at radius 2 is 0.718 bits per heavy atom. The fraction of sp³-hybridized carbons (Fsp3) is 0.0323. The zero-order chi connectivity index (χ0) is 27.1. The van der Waals surface area contributed by atoms with E-state index in [1.807, 2.05) is 60.7 Å². The van der Waals surface area contributed by atoms with Gasteiger partial charge in [-0.1, -0.05) is 97.1 Å². The number of fused-ring (bicyclic) bond motifs is 1. The van der Waals surface area contributed by atoms with Crippen LogP contribution in [0.25, 0.3) is 0 Å². The first kappa shape index (κ1) is 24.9. The maximum atomic E-state index is 13.3. The molecule has 0 fully saturated rings. The van der Waals surface area contributed by atoms with E-state index >= 15 is 0 Å². The molecule has 8 heteroatoms. The lowest BCUT2D eigenvalue weighted by atomic mass is 9.83. The molecule has 194 valence electrons. The number of anilines is 2. The number of hydrogen-bond donors (Lipinski definition) is 2. The van der Waals surface area contributed by atoms with Crippen molar-refractivity contribution < 1.29 is 16.8 Å². The van der Waals surface area contributed by atoms with Crippen molar-refractivity contribution in [1.82, 2.24) is 0 Å². The molecular formula is C31H24N2O4S2. The van der Waals surface area contributed by atoms with Crippen LogP contribution in [0.5, 0.6) is 0 Å². The lowest BCUT2D eigenvalue weighted by Crippen LogP contribution is -2.17. The number of sulfonamides is 2. The number of nitrogens with one attached hydrogen (secondary N) is 2. The van der Waals surface area contributed by atoms with Crippen molar-refractivity contribution >= 4 is 31.4 Å². The van der Waals surface area contributed by atoms with Crippen LogP contribution >= 0.6 is 0 Å². The topological polar surface area (TPSA) is 92.3 Å². The van der Waals surface area contributed by atoms with Crippen LogP contribution in [-0.4, -0.2) is 16.8 Å². The van der Waals surface area contributed by atoms with E-state index in [1.165, 1.54) is 24.3 Å². The van der Waals surface area contributed by atoms with Crippen LogP contribution in [0, 0.1) is 0 Å². The standard InChI is InChI=1S/C31H24N2O4S2/c34-38(35,25-17-9-3-10-18-25)32-27-21-22-28(33-39(36,37)26-19-11-4-12-20-26)30-29(27)31(30,23-13-5-1-6-14-23)24-15-7-2-8-16-24/h1-22,32-33H. The van der Waals surface area contributed by atoms with Crippen LogP contribution in [0.15, 0.2) is 143 Å². The first-order valence-electron chi connectivity index (χ1n) is 12.3. The summed E-state index contributed by atoms with van der Waals surface area (Å²) in [7, 11) is -7.79. The quantitative estimate of drug-likeness (QED) is 0.243. The summed E-state index contributed by atoms with van der Waals surface area (Å²) in [5.41, 5.74) is 3.14. The van der Waals surface area contributed by atoms with Gasteiger partial charge in [-0.2, -0.15) is 0 Å². The number of hydrogen-bond acceptors (Lipinski definition) is 4. The molecule has 5 aromatic rings. The van der Waals surface area contributed by atoms with Gasteiger partial charge in [0.1, 0.15) is 0 Å². The van der Waals surface area contributed by atoms with E-state index in [0.29, 0.717) is 22.5 Å². The molecule has 0 unspecified atom stereocenters. The largest absolute Gasteiger partial charge is 0.279 e. The third-order valence-corrected chi connectivity index (χ3v) is 9.66. The van der Waals surface area contributed by atoms with Crippen LogP contribution in [0.1, 0.15) is 22.3 Å². The highest BCUT2D eigenvalue weighted by Gasteiger charge is 2.57. The second-order valence-electron chi connectivity index (χ2n) is 9.23. The lowest BCUT2D eigenvalue weighted by molar-refractivity contribution is 0.599. The van der Waals surface area contributed by atoms with E-state index in [-0.39, 0.29) is 9.79 Å². The van der Waals surface area contributed by atoms with Gasteiger partial charge >= 0.3 is 0 Å². The van der Waals surface area contributed by atoms with Gasteiger partial charge in [-0.25, -0.2) is 16.8 Å². The molecule has 39 heavy (non-hydrogen) atoms. The van der Waals surface area contributed by atoms with Gasteiger partial charge in [0.05, 0.1) is 26.6 Å². The average Bonchev–Trinajstić information content (AvgIpc) is 3.68. The van der Waals surface area contributed by atoms with Gasteiger partial charge in [-0.15, -0.1) is 0 Å². The van der Waals surface area contributed by atoms with E-state index < -0.39 is 25.5 Å². The van der Waals surface area contributed by atoms with Crippen LogP contribution in [0.3, 0.4) is 0 Å². The second kappa shape index (κ2) is 9.41. The zero-order valence-corrected chi connectivity index (χ0v) is 22.3. The molecule has 0 bridgehead atoms. The Hall–Kier alpha value is -4.40. The molecule has 0 heterocycles. The summed E-state index contributed by atoms with van der Waals surface area (Å²) in [5, 5.41) is 0. The molecule has 0 atom stereocenters. The summed E-state index contributed by atoms with van der Waals surface area (Å²) in [5.74, 6) is 0. The molecular weight excluding hydrogens is 528 g/mol. The monoisotopic (exact) mass is 552 g/mol. The van der Waals surface area contributed by atoms with Crippen molar-refractivity contribution in [2.24, 2.45) is 0 Å². The first-order chi connectivity index (χ1) is 18.8. The molecule has 0 aliphatic heterocycles. The van der Waals surface area contributed by atoms with Gasteiger partial charge in [0.2, 0.25) is 0 Å². The minimum Gasteiger partial charge on any atom is -0.279 e. The van der Waals surface area contributed by atoms with E-state index in [4.69, 9.17) is 0 Å². The summed E-state index contributed by atoms with van der Waals surface area (Å²) in [6.45, 7) is 0. The summed E-state index contributed by atoms with van der Waals surface area (Å²) in [6.07, 6.45) is 0. The Bertz CT molecular complexity index is 1720. The Kier molecular flexibility index (Phi) is 6.01. The molecule has 1 aliphatic rings. The Balaban J connectivity index is 1.55. The third kappa shape index (κ3) is 4.27. The Morgan fingerprint density at radius 3 is 1.05 bits per heavy atom. The molecule has 0 spiro atoms. The molecule has 0 saturated heterocycles.